The van der Waals surface area contributed by atoms with Crippen molar-refractivity contribution in [3.05, 3.63) is 23.9 Å². The standard InChI is InChI=1S/C13H20ClN3O2S/c1-3-12-10-17(7-6-16(12)2)20(18,19)13-5-4-11(8-14)9-15-13/h4-5,9,12H,3,6-8,10H2,1-2H3. The van der Waals surface area contributed by atoms with Crippen LogP contribution in [0, 0.1) is 0 Å². The Kier molecular flexibility index (Phi) is 5.01. The van der Waals surface area contributed by atoms with E-state index in [1.165, 1.54) is 16.6 Å². The van der Waals surface area contributed by atoms with Gasteiger partial charge in [-0.1, -0.05) is 13.0 Å². The third-order valence-corrected chi connectivity index (χ3v) is 5.86. The Bertz CT molecular complexity index is 547. The number of pyridine rings is 1. The molecular formula is C13H20ClN3O2S. The summed E-state index contributed by atoms with van der Waals surface area (Å²) in [7, 11) is -1.47. The smallest absolute Gasteiger partial charge is 0.260 e. The van der Waals surface area contributed by atoms with Crippen LogP contribution >= 0.6 is 11.6 Å². The number of sulfonamides is 1. The Morgan fingerprint density at radius 1 is 1.40 bits per heavy atom. The number of rotatable bonds is 4. The second kappa shape index (κ2) is 6.39. The summed E-state index contributed by atoms with van der Waals surface area (Å²) in [4.78, 5) is 6.24. The molecule has 20 heavy (non-hydrogen) atoms. The molecule has 0 aromatic carbocycles. The van der Waals surface area contributed by atoms with Crippen molar-refractivity contribution in [3.8, 4) is 0 Å². The van der Waals surface area contributed by atoms with E-state index < -0.39 is 10.0 Å². The summed E-state index contributed by atoms with van der Waals surface area (Å²) in [6.07, 6.45) is 2.45. The van der Waals surface area contributed by atoms with Gasteiger partial charge in [0.1, 0.15) is 0 Å². The van der Waals surface area contributed by atoms with Gasteiger partial charge >= 0.3 is 0 Å². The van der Waals surface area contributed by atoms with E-state index in [4.69, 9.17) is 11.6 Å². The maximum Gasteiger partial charge on any atom is 0.260 e. The Balaban J connectivity index is 2.21. The van der Waals surface area contributed by atoms with E-state index in [9.17, 15) is 8.42 Å². The van der Waals surface area contributed by atoms with E-state index in [0.717, 1.165) is 18.5 Å². The molecule has 0 aliphatic carbocycles. The summed E-state index contributed by atoms with van der Waals surface area (Å²) in [6.45, 7) is 3.85. The molecule has 112 valence electrons. The van der Waals surface area contributed by atoms with Crippen LogP contribution in [0.1, 0.15) is 18.9 Å². The summed E-state index contributed by atoms with van der Waals surface area (Å²) in [6, 6.07) is 3.51. The molecule has 1 saturated heterocycles. The topological polar surface area (TPSA) is 53.5 Å². The zero-order chi connectivity index (χ0) is 14.8. The minimum atomic E-state index is -3.50. The molecule has 7 heteroatoms. The van der Waals surface area contributed by atoms with Crippen molar-refractivity contribution in [2.75, 3.05) is 26.7 Å². The van der Waals surface area contributed by atoms with E-state index in [0.29, 0.717) is 19.0 Å². The number of piperazine rings is 1. The first-order valence-electron chi connectivity index (χ1n) is 6.70. The Hall–Kier alpha value is -0.690. The highest BCUT2D eigenvalue weighted by Gasteiger charge is 2.32. The number of alkyl halides is 1. The van der Waals surface area contributed by atoms with Gasteiger partial charge < -0.3 is 4.90 Å². The number of aromatic nitrogens is 1. The molecule has 5 nitrogen and oxygen atoms in total. The number of nitrogens with zero attached hydrogens (tertiary/aromatic N) is 3. The fraction of sp³-hybridized carbons (Fsp3) is 0.615. The van der Waals surface area contributed by atoms with Crippen LogP contribution in [0.25, 0.3) is 0 Å². The Morgan fingerprint density at radius 3 is 2.70 bits per heavy atom. The fourth-order valence-electron chi connectivity index (χ4n) is 2.35. The van der Waals surface area contributed by atoms with Crippen molar-refractivity contribution >= 4 is 21.6 Å². The van der Waals surface area contributed by atoms with E-state index in [-0.39, 0.29) is 11.1 Å². The quantitative estimate of drug-likeness (QED) is 0.790. The molecule has 2 heterocycles. The molecule has 1 aliphatic heterocycles. The minimum absolute atomic E-state index is 0.103. The zero-order valence-electron chi connectivity index (χ0n) is 11.8. The fourth-order valence-corrected chi connectivity index (χ4v) is 3.89. The van der Waals surface area contributed by atoms with Crippen LogP contribution < -0.4 is 0 Å². The molecule has 1 fully saturated rings. The molecule has 0 spiro atoms. The third-order valence-electron chi connectivity index (χ3n) is 3.77. The highest BCUT2D eigenvalue weighted by molar-refractivity contribution is 7.89. The normalized spacial score (nSPS) is 22.1. The summed E-state index contributed by atoms with van der Waals surface area (Å²) < 4.78 is 26.7. The van der Waals surface area contributed by atoms with E-state index >= 15 is 0 Å². The Morgan fingerprint density at radius 2 is 2.15 bits per heavy atom. The van der Waals surface area contributed by atoms with E-state index in [2.05, 4.69) is 16.8 Å². The second-order valence-electron chi connectivity index (χ2n) is 5.04. The lowest BCUT2D eigenvalue weighted by Crippen LogP contribution is -2.52. The minimum Gasteiger partial charge on any atom is -0.301 e. The van der Waals surface area contributed by atoms with E-state index in [1.54, 1.807) is 6.07 Å². The largest absolute Gasteiger partial charge is 0.301 e. The van der Waals surface area contributed by atoms with Crippen molar-refractivity contribution < 1.29 is 8.42 Å². The van der Waals surface area contributed by atoms with E-state index in [1.807, 2.05) is 7.05 Å². The van der Waals surface area contributed by atoms with Gasteiger partial charge in [0.15, 0.2) is 5.03 Å². The average Bonchev–Trinajstić information content (AvgIpc) is 2.47. The van der Waals surface area contributed by atoms with Gasteiger partial charge in [-0.15, -0.1) is 11.6 Å². The van der Waals surface area contributed by atoms with Crippen LogP contribution in [-0.4, -0.2) is 55.3 Å². The zero-order valence-corrected chi connectivity index (χ0v) is 13.4. The molecule has 0 N–H and O–H groups in total. The van der Waals surface area contributed by atoms with Gasteiger partial charge in [0.25, 0.3) is 10.0 Å². The van der Waals surface area contributed by atoms with Gasteiger partial charge in [-0.2, -0.15) is 4.31 Å². The average molecular weight is 318 g/mol. The molecule has 0 radical (unpaired) electrons. The lowest BCUT2D eigenvalue weighted by molar-refractivity contribution is 0.144. The summed E-state index contributed by atoms with van der Waals surface area (Å²) in [5.41, 5.74) is 0.815. The number of hydrogen-bond acceptors (Lipinski definition) is 4. The third kappa shape index (κ3) is 3.14. The van der Waals surface area contributed by atoms with Crippen molar-refractivity contribution in [3.63, 3.8) is 0 Å². The highest BCUT2D eigenvalue weighted by atomic mass is 35.5. The maximum absolute atomic E-state index is 12.6. The van der Waals surface area contributed by atoms with Crippen LogP contribution in [0.2, 0.25) is 0 Å². The van der Waals surface area contributed by atoms with Gasteiger partial charge in [-0.3, -0.25) is 0 Å². The molecule has 1 aliphatic rings. The molecular weight excluding hydrogens is 298 g/mol. The predicted octanol–water partition coefficient (Wildman–Crippen LogP) is 1.54. The van der Waals surface area contributed by atoms with Crippen LogP contribution in [0.5, 0.6) is 0 Å². The molecule has 1 atom stereocenters. The molecule has 2 rings (SSSR count). The number of halogens is 1. The molecule has 1 aromatic heterocycles. The molecule has 0 saturated carbocycles. The first kappa shape index (κ1) is 15.7. The van der Waals surface area contributed by atoms with Crippen LogP contribution in [-0.2, 0) is 15.9 Å². The van der Waals surface area contributed by atoms with Crippen molar-refractivity contribution in [2.45, 2.75) is 30.3 Å². The molecule has 1 aromatic rings. The Labute approximate surface area is 125 Å². The molecule has 0 amide bonds. The summed E-state index contributed by atoms with van der Waals surface area (Å²) >= 11 is 5.69. The molecule has 1 unspecified atom stereocenters. The molecule has 0 bridgehead atoms. The number of hydrogen-bond donors (Lipinski definition) is 0. The van der Waals surface area contributed by atoms with Crippen LogP contribution in [0.4, 0.5) is 0 Å². The highest BCUT2D eigenvalue weighted by Crippen LogP contribution is 2.19. The van der Waals surface area contributed by atoms with Crippen LogP contribution in [0.3, 0.4) is 0 Å². The predicted molar refractivity (Wildman–Crippen MR) is 79.3 cm³/mol. The lowest BCUT2D eigenvalue weighted by Gasteiger charge is -2.38. The van der Waals surface area contributed by atoms with Gasteiger partial charge in [-0.25, -0.2) is 13.4 Å². The lowest BCUT2D eigenvalue weighted by atomic mass is 10.1. The van der Waals surface area contributed by atoms with Gasteiger partial charge in [0.2, 0.25) is 0 Å². The first-order valence-corrected chi connectivity index (χ1v) is 8.67. The maximum atomic E-state index is 12.6. The van der Waals surface area contributed by atoms with Gasteiger partial charge in [-0.05, 0) is 25.1 Å². The summed E-state index contributed by atoms with van der Waals surface area (Å²) in [5, 5.41) is 0.103. The van der Waals surface area contributed by atoms with Crippen LogP contribution in [0.15, 0.2) is 23.4 Å². The van der Waals surface area contributed by atoms with Gasteiger partial charge in [0.05, 0.1) is 0 Å². The SMILES string of the molecule is CCC1CN(S(=O)(=O)c2ccc(CCl)cn2)CCN1C. The van der Waals surface area contributed by atoms with Crippen molar-refractivity contribution in [1.29, 1.82) is 0 Å². The monoisotopic (exact) mass is 317 g/mol. The van der Waals surface area contributed by atoms with Gasteiger partial charge in [0, 0.05) is 37.8 Å². The summed E-state index contributed by atoms with van der Waals surface area (Å²) in [5.74, 6) is 0.333. The van der Waals surface area contributed by atoms with Crippen molar-refractivity contribution in [1.82, 2.24) is 14.2 Å². The second-order valence-corrected chi connectivity index (χ2v) is 7.20. The number of likely N-dealkylation sites (N-methyl/N-ethyl adjacent to an activating group) is 1. The van der Waals surface area contributed by atoms with Crippen molar-refractivity contribution in [2.24, 2.45) is 0 Å². The first-order chi connectivity index (χ1) is 9.48.